The molecule has 0 unspecified atom stereocenters. The average Bonchev–Trinajstić information content (AvgIpc) is 2.76. The summed E-state index contributed by atoms with van der Waals surface area (Å²) in [7, 11) is 0. The fraction of sp³-hybridized carbons (Fsp3) is 0.286. The summed E-state index contributed by atoms with van der Waals surface area (Å²) >= 11 is 0. The van der Waals surface area contributed by atoms with Crippen molar-refractivity contribution in [2.24, 2.45) is 0 Å². The first kappa shape index (κ1) is 7.93. The van der Waals surface area contributed by atoms with Crippen molar-refractivity contribution in [2.75, 3.05) is 0 Å². The molecule has 0 radical (unpaired) electrons. The molecule has 0 bridgehead atoms. The molecule has 0 fully saturated rings. The van der Waals surface area contributed by atoms with Crippen LogP contribution in [0.25, 0.3) is 0 Å². The number of aromatic nitrogens is 4. The monoisotopic (exact) mass is 180 g/mol. The molecule has 0 aliphatic carbocycles. The van der Waals surface area contributed by atoms with Crippen molar-refractivity contribution in [3.63, 3.8) is 0 Å². The molecular formula is C7H8N4O2. The van der Waals surface area contributed by atoms with Crippen LogP contribution in [0.1, 0.15) is 11.5 Å². The van der Waals surface area contributed by atoms with Crippen molar-refractivity contribution >= 4 is 0 Å². The fourth-order valence-corrected chi connectivity index (χ4v) is 1.03. The highest BCUT2D eigenvalue weighted by atomic mass is 16.5. The Balaban J connectivity index is 2.18. The minimum atomic E-state index is -0.127. The molecule has 0 aliphatic rings. The lowest BCUT2D eigenvalue weighted by Gasteiger charge is -1.99. The van der Waals surface area contributed by atoms with E-state index in [9.17, 15) is 0 Å². The number of hydrogen-bond acceptors (Lipinski definition) is 5. The van der Waals surface area contributed by atoms with Gasteiger partial charge in [0, 0.05) is 6.07 Å². The Hall–Kier alpha value is -1.69. The summed E-state index contributed by atoms with van der Waals surface area (Å²) in [5, 5.41) is 20.0. The molecule has 0 saturated carbocycles. The largest absolute Gasteiger partial charge is 0.388 e. The van der Waals surface area contributed by atoms with E-state index in [1.54, 1.807) is 17.0 Å². The van der Waals surface area contributed by atoms with Gasteiger partial charge < -0.3 is 14.2 Å². The Morgan fingerprint density at radius 2 is 2.46 bits per heavy atom. The zero-order valence-corrected chi connectivity index (χ0v) is 6.79. The molecular weight excluding hydrogens is 172 g/mol. The third kappa shape index (κ3) is 1.57. The van der Waals surface area contributed by atoms with E-state index in [-0.39, 0.29) is 6.61 Å². The number of hydrogen-bond donors (Lipinski definition) is 1. The summed E-state index contributed by atoms with van der Waals surface area (Å²) < 4.78 is 6.38. The molecule has 2 heterocycles. The van der Waals surface area contributed by atoms with Gasteiger partial charge in [-0.15, -0.1) is 10.2 Å². The van der Waals surface area contributed by atoms with Gasteiger partial charge in [-0.3, -0.25) is 0 Å². The van der Waals surface area contributed by atoms with Crippen LogP contribution in [0.15, 0.2) is 23.2 Å². The molecule has 0 spiro atoms. The lowest BCUT2D eigenvalue weighted by molar-refractivity contribution is 0.265. The predicted molar refractivity (Wildman–Crippen MR) is 41.5 cm³/mol. The quantitative estimate of drug-likeness (QED) is 0.708. The molecule has 1 N–H and O–H groups in total. The van der Waals surface area contributed by atoms with Crippen molar-refractivity contribution in [3.05, 3.63) is 30.2 Å². The number of aliphatic hydroxyl groups is 1. The molecule has 6 nitrogen and oxygen atoms in total. The van der Waals surface area contributed by atoms with E-state index in [2.05, 4.69) is 19.9 Å². The molecule has 0 saturated heterocycles. The predicted octanol–water partition coefficient (Wildman–Crippen LogP) is -0.193. The van der Waals surface area contributed by atoms with Crippen LogP contribution in [0.3, 0.4) is 0 Å². The van der Waals surface area contributed by atoms with Crippen LogP contribution in [0, 0.1) is 0 Å². The van der Waals surface area contributed by atoms with Crippen molar-refractivity contribution < 1.29 is 9.63 Å². The summed E-state index contributed by atoms with van der Waals surface area (Å²) in [5.74, 6) is 0.517. The third-order valence-electron chi connectivity index (χ3n) is 1.66. The van der Waals surface area contributed by atoms with Gasteiger partial charge in [-0.2, -0.15) is 0 Å². The first-order valence-electron chi connectivity index (χ1n) is 3.77. The zero-order chi connectivity index (χ0) is 9.10. The van der Waals surface area contributed by atoms with E-state index in [0.29, 0.717) is 12.4 Å². The van der Waals surface area contributed by atoms with Gasteiger partial charge in [-0.1, -0.05) is 5.16 Å². The van der Waals surface area contributed by atoms with Crippen LogP contribution in [-0.4, -0.2) is 25.0 Å². The topological polar surface area (TPSA) is 77.0 Å². The normalized spacial score (nSPS) is 10.5. The highest BCUT2D eigenvalue weighted by Crippen LogP contribution is 2.01. The van der Waals surface area contributed by atoms with E-state index < -0.39 is 0 Å². The van der Waals surface area contributed by atoms with Crippen molar-refractivity contribution in [2.45, 2.75) is 13.2 Å². The molecule has 0 atom stereocenters. The number of nitrogens with zero attached hydrogens (tertiary/aromatic N) is 4. The van der Waals surface area contributed by atoms with E-state index in [0.717, 1.165) is 5.69 Å². The molecule has 2 aromatic heterocycles. The van der Waals surface area contributed by atoms with Gasteiger partial charge >= 0.3 is 0 Å². The summed E-state index contributed by atoms with van der Waals surface area (Å²) in [6.07, 6.45) is 3.04. The second kappa shape index (κ2) is 3.36. The third-order valence-corrected chi connectivity index (χ3v) is 1.66. The zero-order valence-electron chi connectivity index (χ0n) is 6.79. The Labute approximate surface area is 73.8 Å². The first-order chi connectivity index (χ1) is 6.40. The van der Waals surface area contributed by atoms with Crippen molar-refractivity contribution in [1.82, 2.24) is 19.9 Å². The highest BCUT2D eigenvalue weighted by molar-refractivity contribution is 4.98. The van der Waals surface area contributed by atoms with E-state index in [1.165, 1.54) is 6.26 Å². The van der Waals surface area contributed by atoms with Gasteiger partial charge in [0.2, 0.25) is 0 Å². The smallest absolute Gasteiger partial charge is 0.158 e. The minimum absolute atomic E-state index is 0.127. The summed E-state index contributed by atoms with van der Waals surface area (Å²) in [4.78, 5) is 0. The average molecular weight is 180 g/mol. The molecule has 0 aromatic carbocycles. The van der Waals surface area contributed by atoms with Crippen LogP contribution >= 0.6 is 0 Å². The molecule has 0 amide bonds. The molecule has 2 aromatic rings. The first-order valence-corrected chi connectivity index (χ1v) is 3.77. The van der Waals surface area contributed by atoms with Crippen molar-refractivity contribution in [3.8, 4) is 0 Å². The Kier molecular flexibility index (Phi) is 2.05. The Morgan fingerprint density at radius 3 is 3.15 bits per heavy atom. The Bertz CT molecular complexity index is 368. The van der Waals surface area contributed by atoms with Gasteiger partial charge in [-0.25, -0.2) is 0 Å². The van der Waals surface area contributed by atoms with Gasteiger partial charge in [0.05, 0.1) is 6.54 Å². The molecule has 2 rings (SSSR count). The van der Waals surface area contributed by atoms with Crippen LogP contribution in [0.4, 0.5) is 0 Å². The molecule has 68 valence electrons. The van der Waals surface area contributed by atoms with Crippen LogP contribution < -0.4 is 0 Å². The fourth-order valence-electron chi connectivity index (χ4n) is 1.03. The summed E-state index contributed by atoms with van der Waals surface area (Å²) in [5.41, 5.74) is 0.773. The maximum Gasteiger partial charge on any atom is 0.158 e. The van der Waals surface area contributed by atoms with Gasteiger partial charge in [0.15, 0.2) is 5.82 Å². The van der Waals surface area contributed by atoms with E-state index in [1.807, 2.05) is 0 Å². The van der Waals surface area contributed by atoms with Crippen LogP contribution in [0.5, 0.6) is 0 Å². The van der Waals surface area contributed by atoms with Crippen LogP contribution in [0.2, 0.25) is 0 Å². The lowest BCUT2D eigenvalue weighted by atomic mass is 10.4. The second-order valence-electron chi connectivity index (χ2n) is 2.52. The maximum absolute atomic E-state index is 8.87. The van der Waals surface area contributed by atoms with Crippen LogP contribution in [-0.2, 0) is 13.2 Å². The van der Waals surface area contributed by atoms with E-state index in [4.69, 9.17) is 5.11 Å². The molecule has 0 aliphatic heterocycles. The van der Waals surface area contributed by atoms with Gasteiger partial charge in [0.1, 0.15) is 24.9 Å². The number of aliphatic hydroxyl groups excluding tert-OH is 1. The Morgan fingerprint density at radius 1 is 1.54 bits per heavy atom. The summed E-state index contributed by atoms with van der Waals surface area (Å²) in [6, 6.07) is 1.75. The maximum atomic E-state index is 8.87. The van der Waals surface area contributed by atoms with Gasteiger partial charge in [0.25, 0.3) is 0 Å². The SMILES string of the molecule is OCc1nncn1Cc1ccon1. The van der Waals surface area contributed by atoms with Crippen molar-refractivity contribution in [1.29, 1.82) is 0 Å². The van der Waals surface area contributed by atoms with Gasteiger partial charge in [-0.05, 0) is 0 Å². The number of rotatable bonds is 3. The minimum Gasteiger partial charge on any atom is -0.388 e. The lowest BCUT2D eigenvalue weighted by Crippen LogP contribution is -2.04. The van der Waals surface area contributed by atoms with E-state index >= 15 is 0 Å². The standard InChI is InChI=1S/C7H8N4O2/c12-4-7-9-8-5-11(7)3-6-1-2-13-10-6/h1-2,5,12H,3-4H2. The second-order valence-corrected chi connectivity index (χ2v) is 2.52. The molecule has 6 heteroatoms. The molecule has 13 heavy (non-hydrogen) atoms. The highest BCUT2D eigenvalue weighted by Gasteiger charge is 2.04. The summed E-state index contributed by atoms with van der Waals surface area (Å²) in [6.45, 7) is 0.386.